The maximum absolute atomic E-state index is 13.3. The van der Waals surface area contributed by atoms with E-state index in [2.05, 4.69) is 15.5 Å². The number of amides is 2. The third kappa shape index (κ3) is 5.38. The van der Waals surface area contributed by atoms with E-state index in [0.717, 1.165) is 63.2 Å². The summed E-state index contributed by atoms with van der Waals surface area (Å²) in [5.74, 6) is -1.64. The third-order valence-corrected chi connectivity index (χ3v) is 5.34. The van der Waals surface area contributed by atoms with Crippen LogP contribution in [0.4, 0.5) is 13.6 Å². The number of hydrogen-bond donors (Lipinski definition) is 3. The molecule has 0 radical (unpaired) electrons. The molecule has 3 rings (SSSR count). The van der Waals surface area contributed by atoms with Crippen molar-refractivity contribution < 1.29 is 18.7 Å². The minimum absolute atomic E-state index is 0.130. The first-order chi connectivity index (χ1) is 12.5. The first-order valence-electron chi connectivity index (χ1n) is 9.41. The normalized spacial score (nSPS) is 25.0. The molecule has 1 heterocycles. The Morgan fingerprint density at radius 3 is 2.23 bits per heavy atom. The molecule has 2 fully saturated rings. The number of carbonyl (C=O) groups excluding carboxylic acids is 1. The zero-order valence-electron chi connectivity index (χ0n) is 14.9. The standard InChI is InChI=1S/C19H27F2N3O2/c20-17-6-1-13(11-18(17)21)12-24-9-7-15(8-10-24)23-19(26)22-14-2-4-16(25)5-3-14/h1,6,11,14-16,25H,2-5,7-10,12H2,(H2,22,23,26). The van der Waals surface area contributed by atoms with Crippen LogP contribution >= 0.6 is 0 Å². The van der Waals surface area contributed by atoms with Gasteiger partial charge >= 0.3 is 6.03 Å². The van der Waals surface area contributed by atoms with E-state index in [9.17, 15) is 18.7 Å². The molecule has 5 nitrogen and oxygen atoms in total. The van der Waals surface area contributed by atoms with E-state index < -0.39 is 11.6 Å². The summed E-state index contributed by atoms with van der Waals surface area (Å²) in [6.45, 7) is 2.19. The van der Waals surface area contributed by atoms with Crippen molar-refractivity contribution in [2.75, 3.05) is 13.1 Å². The molecule has 0 bridgehead atoms. The molecule has 2 aliphatic rings. The molecule has 144 valence electrons. The Kier molecular flexibility index (Phi) is 6.43. The van der Waals surface area contributed by atoms with Gasteiger partial charge in [0.25, 0.3) is 0 Å². The lowest BCUT2D eigenvalue weighted by atomic mass is 9.93. The number of piperidine rings is 1. The second-order valence-corrected chi connectivity index (χ2v) is 7.42. The predicted molar refractivity (Wildman–Crippen MR) is 94.6 cm³/mol. The lowest BCUT2D eigenvalue weighted by Gasteiger charge is -2.33. The number of hydrogen-bond acceptors (Lipinski definition) is 3. The van der Waals surface area contributed by atoms with Crippen LogP contribution < -0.4 is 10.6 Å². The zero-order valence-corrected chi connectivity index (χ0v) is 14.9. The second-order valence-electron chi connectivity index (χ2n) is 7.42. The average molecular weight is 367 g/mol. The highest BCUT2D eigenvalue weighted by Gasteiger charge is 2.24. The monoisotopic (exact) mass is 367 g/mol. The molecule has 0 spiro atoms. The van der Waals surface area contributed by atoms with Gasteiger partial charge in [-0.1, -0.05) is 6.07 Å². The molecule has 1 aliphatic heterocycles. The summed E-state index contributed by atoms with van der Waals surface area (Å²) >= 11 is 0. The van der Waals surface area contributed by atoms with Gasteiger partial charge in [-0.25, -0.2) is 13.6 Å². The van der Waals surface area contributed by atoms with Crippen molar-refractivity contribution in [2.24, 2.45) is 0 Å². The van der Waals surface area contributed by atoms with Crippen LogP contribution in [0.3, 0.4) is 0 Å². The first kappa shape index (κ1) is 19.0. The fourth-order valence-electron chi connectivity index (χ4n) is 3.76. The Morgan fingerprint density at radius 2 is 1.62 bits per heavy atom. The van der Waals surface area contributed by atoms with Crippen molar-refractivity contribution >= 4 is 6.03 Å². The quantitative estimate of drug-likeness (QED) is 0.766. The SMILES string of the molecule is O=C(NC1CCC(O)CC1)NC1CCN(Cc2ccc(F)c(F)c2)CC1. The fraction of sp³-hybridized carbons (Fsp3) is 0.632. The van der Waals surface area contributed by atoms with Crippen molar-refractivity contribution in [2.45, 2.75) is 63.3 Å². The van der Waals surface area contributed by atoms with Crippen LogP contribution in [0.1, 0.15) is 44.1 Å². The van der Waals surface area contributed by atoms with E-state index in [1.807, 2.05) is 0 Å². The molecule has 1 aliphatic carbocycles. The number of urea groups is 1. The van der Waals surface area contributed by atoms with Crippen LogP contribution in [-0.2, 0) is 6.54 Å². The molecule has 2 amide bonds. The van der Waals surface area contributed by atoms with E-state index in [1.165, 1.54) is 6.07 Å². The largest absolute Gasteiger partial charge is 0.393 e. The Bertz CT molecular complexity index is 613. The summed E-state index contributed by atoms with van der Waals surface area (Å²) < 4.78 is 26.3. The van der Waals surface area contributed by atoms with Gasteiger partial charge in [0.1, 0.15) is 0 Å². The van der Waals surface area contributed by atoms with Crippen molar-refractivity contribution in [3.8, 4) is 0 Å². The molecule has 0 atom stereocenters. The summed E-state index contributed by atoms with van der Waals surface area (Å²) in [5.41, 5.74) is 0.757. The Labute approximate surface area is 152 Å². The number of nitrogens with zero attached hydrogens (tertiary/aromatic N) is 1. The number of aliphatic hydroxyl groups is 1. The van der Waals surface area contributed by atoms with Crippen LogP contribution in [0, 0.1) is 11.6 Å². The van der Waals surface area contributed by atoms with Gasteiger partial charge in [0.05, 0.1) is 6.10 Å². The first-order valence-corrected chi connectivity index (χ1v) is 9.41. The molecule has 1 aromatic rings. The van der Waals surface area contributed by atoms with Gasteiger partial charge in [-0.15, -0.1) is 0 Å². The molecular formula is C19H27F2N3O2. The molecule has 0 unspecified atom stereocenters. The van der Waals surface area contributed by atoms with Crippen molar-refractivity contribution in [1.82, 2.24) is 15.5 Å². The number of benzene rings is 1. The Balaban J connectivity index is 1.38. The summed E-state index contributed by atoms with van der Waals surface area (Å²) in [7, 11) is 0. The van der Waals surface area contributed by atoms with Gasteiger partial charge in [-0.05, 0) is 56.2 Å². The van der Waals surface area contributed by atoms with Crippen molar-refractivity contribution in [3.63, 3.8) is 0 Å². The summed E-state index contributed by atoms with van der Waals surface area (Å²) in [4.78, 5) is 14.3. The van der Waals surface area contributed by atoms with Gasteiger partial charge < -0.3 is 15.7 Å². The number of nitrogens with one attached hydrogen (secondary N) is 2. The number of rotatable bonds is 4. The lowest BCUT2D eigenvalue weighted by Crippen LogP contribution is -2.50. The van der Waals surface area contributed by atoms with Crippen LogP contribution in [0.2, 0.25) is 0 Å². The molecule has 7 heteroatoms. The van der Waals surface area contributed by atoms with Crippen molar-refractivity contribution in [3.05, 3.63) is 35.4 Å². The Hall–Kier alpha value is -1.73. The van der Waals surface area contributed by atoms with E-state index >= 15 is 0 Å². The molecule has 1 aromatic carbocycles. The highest BCUT2D eigenvalue weighted by atomic mass is 19.2. The molecular weight excluding hydrogens is 340 g/mol. The number of halogens is 2. The third-order valence-electron chi connectivity index (χ3n) is 5.34. The van der Waals surface area contributed by atoms with Gasteiger partial charge in [-0.3, -0.25) is 4.90 Å². The summed E-state index contributed by atoms with van der Waals surface area (Å²) in [5, 5.41) is 15.5. The molecule has 26 heavy (non-hydrogen) atoms. The van der Waals surface area contributed by atoms with Crippen LogP contribution in [0.5, 0.6) is 0 Å². The number of carbonyl (C=O) groups is 1. The van der Waals surface area contributed by atoms with Crippen LogP contribution in [0.25, 0.3) is 0 Å². The highest BCUT2D eigenvalue weighted by molar-refractivity contribution is 5.74. The number of aliphatic hydroxyl groups excluding tert-OH is 1. The van der Waals surface area contributed by atoms with Crippen LogP contribution in [0.15, 0.2) is 18.2 Å². The van der Waals surface area contributed by atoms with E-state index in [4.69, 9.17) is 0 Å². The van der Waals surface area contributed by atoms with Gasteiger partial charge in [0.15, 0.2) is 11.6 Å². The minimum atomic E-state index is -0.824. The van der Waals surface area contributed by atoms with Gasteiger partial charge in [0.2, 0.25) is 0 Å². The Morgan fingerprint density at radius 1 is 1.00 bits per heavy atom. The fourth-order valence-corrected chi connectivity index (χ4v) is 3.76. The minimum Gasteiger partial charge on any atom is -0.393 e. The number of likely N-dealkylation sites (tertiary alicyclic amines) is 1. The van der Waals surface area contributed by atoms with Gasteiger partial charge in [-0.2, -0.15) is 0 Å². The maximum atomic E-state index is 13.3. The highest BCUT2D eigenvalue weighted by Crippen LogP contribution is 2.19. The van der Waals surface area contributed by atoms with Gasteiger partial charge in [0, 0.05) is 31.7 Å². The second kappa shape index (κ2) is 8.77. The molecule has 0 aromatic heterocycles. The summed E-state index contributed by atoms with van der Waals surface area (Å²) in [6.07, 6.45) is 4.57. The zero-order chi connectivity index (χ0) is 18.5. The summed E-state index contributed by atoms with van der Waals surface area (Å²) in [6, 6.07) is 4.15. The smallest absolute Gasteiger partial charge is 0.315 e. The topological polar surface area (TPSA) is 64.6 Å². The molecule has 1 saturated heterocycles. The predicted octanol–water partition coefficient (Wildman–Crippen LogP) is 2.53. The van der Waals surface area contributed by atoms with Crippen molar-refractivity contribution in [1.29, 1.82) is 0 Å². The average Bonchev–Trinajstić information content (AvgIpc) is 2.62. The van der Waals surface area contributed by atoms with Crippen LogP contribution in [-0.4, -0.2) is 47.3 Å². The molecule has 3 N–H and O–H groups in total. The maximum Gasteiger partial charge on any atom is 0.315 e. The van der Waals surface area contributed by atoms with E-state index in [0.29, 0.717) is 6.54 Å². The van der Waals surface area contributed by atoms with E-state index in [-0.39, 0.29) is 24.2 Å². The van der Waals surface area contributed by atoms with E-state index in [1.54, 1.807) is 6.07 Å². The molecule has 1 saturated carbocycles. The lowest BCUT2D eigenvalue weighted by molar-refractivity contribution is 0.117.